The Labute approximate surface area is 154 Å². The molecule has 144 valence electrons. The van der Waals surface area contributed by atoms with Crippen molar-refractivity contribution in [2.45, 2.75) is 78.1 Å². The van der Waals surface area contributed by atoms with E-state index in [4.69, 9.17) is 14.4 Å². The average molecular weight is 370 g/mol. The standard InChI is InChI=1S/C20H35NO3S/c1-7-19(3,4)16-11-12-18(17(15-16)20(5,6)8-2)24-13-9-10-14-25(21,22)23/h11-12,14-15H,7-10,13H2,1-6H3,(H3,21,22,23). The van der Waals surface area contributed by atoms with Crippen LogP contribution < -0.4 is 9.88 Å². The molecule has 25 heavy (non-hydrogen) atoms. The highest BCUT2D eigenvalue weighted by Crippen LogP contribution is 2.38. The van der Waals surface area contributed by atoms with E-state index < -0.39 is 9.99 Å². The molecule has 0 saturated carbocycles. The molecule has 3 N–H and O–H groups in total. The molecule has 0 radical (unpaired) electrons. The predicted molar refractivity (Wildman–Crippen MR) is 109 cm³/mol. The number of hydrogen-bond acceptors (Lipinski definition) is 2. The molecule has 5 heteroatoms. The van der Waals surface area contributed by atoms with Crippen LogP contribution in [0.5, 0.6) is 5.75 Å². The first-order valence-electron chi connectivity index (χ1n) is 9.08. The van der Waals surface area contributed by atoms with Gasteiger partial charge in [0.05, 0.1) is 6.61 Å². The molecule has 1 atom stereocenters. The molecule has 0 spiro atoms. The van der Waals surface area contributed by atoms with Gasteiger partial charge in [-0.2, -0.15) is 0 Å². The molecule has 1 aromatic rings. The minimum Gasteiger partial charge on any atom is -0.493 e. The van der Waals surface area contributed by atoms with E-state index >= 15 is 0 Å². The Hall–Kier alpha value is -1.04. The van der Waals surface area contributed by atoms with Gasteiger partial charge in [0.1, 0.15) is 15.7 Å². The first-order valence-corrected chi connectivity index (χ1v) is 10.7. The lowest BCUT2D eigenvalue weighted by Gasteiger charge is -2.30. The van der Waals surface area contributed by atoms with E-state index in [1.807, 2.05) is 0 Å². The smallest absolute Gasteiger partial charge is 0.138 e. The third-order valence-electron chi connectivity index (χ3n) is 5.22. The van der Waals surface area contributed by atoms with Crippen molar-refractivity contribution in [2.75, 3.05) is 6.61 Å². The Balaban J connectivity index is 3.01. The predicted octanol–water partition coefficient (Wildman–Crippen LogP) is 4.65. The monoisotopic (exact) mass is 369 g/mol. The molecule has 0 heterocycles. The van der Waals surface area contributed by atoms with Crippen molar-refractivity contribution in [3.05, 3.63) is 29.3 Å². The highest BCUT2D eigenvalue weighted by atomic mass is 32.2. The lowest BCUT2D eigenvalue weighted by atomic mass is 9.76. The minimum atomic E-state index is -3.26. The molecule has 1 aromatic carbocycles. The van der Waals surface area contributed by atoms with E-state index in [1.165, 1.54) is 16.5 Å². The molecular formula is C20H35NO3S. The van der Waals surface area contributed by atoms with Gasteiger partial charge in [0, 0.05) is 10.9 Å². The highest BCUT2D eigenvalue weighted by Gasteiger charge is 2.26. The summed E-state index contributed by atoms with van der Waals surface area (Å²) in [6, 6.07) is 6.51. The van der Waals surface area contributed by atoms with Crippen molar-refractivity contribution in [3.8, 4) is 5.75 Å². The average Bonchev–Trinajstić information content (AvgIpc) is 2.53. The molecular weight excluding hydrogens is 334 g/mol. The second-order valence-electron chi connectivity index (χ2n) is 7.96. The van der Waals surface area contributed by atoms with Crippen molar-refractivity contribution in [3.63, 3.8) is 0 Å². The van der Waals surface area contributed by atoms with Crippen LogP contribution in [0.15, 0.2) is 18.2 Å². The summed E-state index contributed by atoms with van der Waals surface area (Å²) in [5.41, 5.74) is 2.71. The lowest BCUT2D eigenvalue weighted by Crippen LogP contribution is -2.21. The van der Waals surface area contributed by atoms with Crippen LogP contribution in [0.25, 0.3) is 0 Å². The molecule has 0 aliphatic carbocycles. The molecule has 0 bridgehead atoms. The molecule has 1 rings (SSSR count). The first-order chi connectivity index (χ1) is 11.4. The van der Waals surface area contributed by atoms with Gasteiger partial charge in [-0.3, -0.25) is 0 Å². The number of rotatable bonds is 9. The van der Waals surface area contributed by atoms with Crippen LogP contribution >= 0.6 is 0 Å². The molecule has 0 aliphatic rings. The van der Waals surface area contributed by atoms with E-state index in [9.17, 15) is 4.21 Å². The minimum absolute atomic E-state index is 0.0258. The Morgan fingerprint density at radius 2 is 1.76 bits per heavy atom. The van der Waals surface area contributed by atoms with E-state index in [-0.39, 0.29) is 10.8 Å². The maximum atomic E-state index is 11.0. The summed E-state index contributed by atoms with van der Waals surface area (Å²) in [5, 5.41) is 6.34. The zero-order valence-corrected chi connectivity index (χ0v) is 17.4. The second kappa shape index (κ2) is 8.56. The van der Waals surface area contributed by atoms with Crippen molar-refractivity contribution in [1.29, 1.82) is 0 Å². The summed E-state index contributed by atoms with van der Waals surface area (Å²) in [6.45, 7) is 13.9. The topological polar surface area (TPSA) is 72.5 Å². The second-order valence-corrected chi connectivity index (χ2v) is 9.52. The van der Waals surface area contributed by atoms with E-state index in [0.29, 0.717) is 19.4 Å². The first kappa shape index (κ1) is 22.0. The van der Waals surface area contributed by atoms with Crippen LogP contribution in [0.2, 0.25) is 0 Å². The van der Waals surface area contributed by atoms with Gasteiger partial charge in [0.25, 0.3) is 0 Å². The van der Waals surface area contributed by atoms with Gasteiger partial charge in [-0.25, -0.2) is 9.35 Å². The maximum absolute atomic E-state index is 11.0. The number of hydrogen-bond donors (Lipinski definition) is 2. The SMILES string of the molecule is CCC(C)(C)c1ccc(OCCCC=S(N)(=O)O)c(C(C)(C)CC)c1. The maximum Gasteiger partial charge on any atom is 0.138 e. The van der Waals surface area contributed by atoms with Crippen LogP contribution in [0.4, 0.5) is 0 Å². The Bertz CT molecular complexity index is 678. The molecule has 0 aromatic heterocycles. The van der Waals surface area contributed by atoms with Crippen LogP contribution in [0.3, 0.4) is 0 Å². The summed E-state index contributed by atoms with van der Waals surface area (Å²) in [7, 11) is -3.26. The van der Waals surface area contributed by atoms with Gasteiger partial charge >= 0.3 is 0 Å². The van der Waals surface area contributed by atoms with Crippen LogP contribution in [0, 0.1) is 0 Å². The third-order valence-corrected chi connectivity index (χ3v) is 5.93. The van der Waals surface area contributed by atoms with Gasteiger partial charge in [0.2, 0.25) is 0 Å². The molecule has 1 unspecified atom stereocenters. The zero-order valence-electron chi connectivity index (χ0n) is 16.6. The van der Waals surface area contributed by atoms with E-state index in [1.54, 1.807) is 0 Å². The number of unbranched alkanes of at least 4 members (excludes halogenated alkanes) is 1. The quantitative estimate of drug-likeness (QED) is 0.491. The van der Waals surface area contributed by atoms with Crippen molar-refractivity contribution in [1.82, 2.24) is 0 Å². The van der Waals surface area contributed by atoms with Crippen LogP contribution in [-0.2, 0) is 20.8 Å². The van der Waals surface area contributed by atoms with Crippen LogP contribution in [-0.4, -0.2) is 20.7 Å². The van der Waals surface area contributed by atoms with Gasteiger partial charge in [-0.15, -0.1) is 0 Å². The number of nitrogens with two attached hydrogens (primary N) is 1. The Morgan fingerprint density at radius 3 is 2.28 bits per heavy atom. The number of ether oxygens (including phenoxy) is 1. The fourth-order valence-electron chi connectivity index (χ4n) is 2.52. The molecule has 4 nitrogen and oxygen atoms in total. The number of benzene rings is 1. The van der Waals surface area contributed by atoms with Crippen molar-refractivity contribution < 1.29 is 13.5 Å². The summed E-state index contributed by atoms with van der Waals surface area (Å²) >= 11 is 0. The van der Waals surface area contributed by atoms with Gasteiger partial charge in [-0.1, -0.05) is 53.7 Å². The molecule has 0 amide bonds. The van der Waals surface area contributed by atoms with Crippen molar-refractivity contribution in [2.24, 2.45) is 5.14 Å². The largest absolute Gasteiger partial charge is 0.493 e. The molecule has 0 aliphatic heterocycles. The van der Waals surface area contributed by atoms with Crippen molar-refractivity contribution >= 4 is 15.4 Å². The summed E-state index contributed by atoms with van der Waals surface area (Å²) in [4.78, 5) is 0. The van der Waals surface area contributed by atoms with Gasteiger partial charge in [0.15, 0.2) is 0 Å². The summed E-state index contributed by atoms with van der Waals surface area (Å²) < 4.78 is 26.1. The van der Waals surface area contributed by atoms with E-state index in [0.717, 1.165) is 18.6 Å². The molecule has 0 saturated heterocycles. The van der Waals surface area contributed by atoms with E-state index in [2.05, 4.69) is 59.7 Å². The summed E-state index contributed by atoms with van der Waals surface area (Å²) in [5.74, 6) is 0.903. The third kappa shape index (κ3) is 6.65. The fourth-order valence-corrected chi connectivity index (χ4v) is 3.02. The molecule has 0 fully saturated rings. The fraction of sp³-hybridized carbons (Fsp3) is 0.650. The Kier molecular flexibility index (Phi) is 7.54. The summed E-state index contributed by atoms with van der Waals surface area (Å²) in [6.07, 6.45) is 3.21. The lowest BCUT2D eigenvalue weighted by molar-refractivity contribution is 0.302. The zero-order chi connectivity index (χ0) is 19.3. The normalized spacial score (nSPS) is 14.9. The highest BCUT2D eigenvalue weighted by molar-refractivity contribution is 7.93. The van der Waals surface area contributed by atoms with Gasteiger partial charge < -0.3 is 9.29 Å². The van der Waals surface area contributed by atoms with Gasteiger partial charge in [-0.05, 0) is 48.1 Å². The Morgan fingerprint density at radius 1 is 1.16 bits per heavy atom. The van der Waals surface area contributed by atoms with Crippen LogP contribution in [0.1, 0.15) is 78.4 Å².